The molecule has 3 unspecified atom stereocenters. The van der Waals surface area contributed by atoms with Gasteiger partial charge in [-0.1, -0.05) is 0 Å². The summed E-state index contributed by atoms with van der Waals surface area (Å²) in [6.45, 7) is 0. The number of nitrogens with zero attached hydrogens (tertiary/aromatic N) is 2. The number of hydrogen-bond donors (Lipinski definition) is 1. The van der Waals surface area contributed by atoms with E-state index in [1.54, 1.807) is 0 Å². The van der Waals surface area contributed by atoms with Gasteiger partial charge >= 0.3 is 5.97 Å². The van der Waals surface area contributed by atoms with Crippen molar-refractivity contribution in [2.45, 2.75) is 50.2 Å². The normalized spacial score (nSPS) is 39.2. The Hall–Kier alpha value is -1.06. The zero-order valence-corrected chi connectivity index (χ0v) is 8.67. The molecule has 3 aliphatic rings. The zero-order chi connectivity index (χ0) is 10.4. The maximum Gasteiger partial charge on any atom is 0.306 e. The molecule has 15 heavy (non-hydrogen) atoms. The van der Waals surface area contributed by atoms with E-state index in [9.17, 15) is 4.79 Å². The highest BCUT2D eigenvalue weighted by atomic mass is 16.4. The average molecular weight is 208 g/mol. The molecule has 1 aliphatic heterocycles. The molecule has 0 aromatic rings. The Kier molecular flexibility index (Phi) is 1.97. The third-order valence-corrected chi connectivity index (χ3v) is 3.87. The van der Waals surface area contributed by atoms with Crippen LogP contribution in [0, 0.1) is 5.92 Å². The molecular formula is C11H16N2O2. The topological polar surface area (TPSA) is 52.9 Å². The number of rotatable bonds is 2. The van der Waals surface area contributed by atoms with Gasteiger partial charge in [0.15, 0.2) is 0 Å². The fraction of sp³-hybridized carbons (Fsp3) is 0.818. The Morgan fingerprint density at radius 2 is 2.13 bits per heavy atom. The molecule has 0 amide bonds. The van der Waals surface area contributed by atoms with Crippen molar-refractivity contribution in [3.8, 4) is 0 Å². The van der Waals surface area contributed by atoms with Gasteiger partial charge in [-0.3, -0.25) is 9.79 Å². The molecule has 0 aromatic carbocycles. The van der Waals surface area contributed by atoms with Crippen LogP contribution >= 0.6 is 0 Å². The minimum atomic E-state index is -0.629. The molecule has 2 saturated carbocycles. The lowest BCUT2D eigenvalue weighted by molar-refractivity contribution is -0.143. The van der Waals surface area contributed by atoms with E-state index >= 15 is 0 Å². The second kappa shape index (κ2) is 3.22. The standard InChI is InChI=1S/C11H16N2O2/c14-11(15)7-1-4-9-10(5-7)13(6-12-9)8-2-3-8/h6-10H,1-5H2,(H,14,15). The molecule has 0 aromatic heterocycles. The van der Waals surface area contributed by atoms with Gasteiger partial charge in [0, 0.05) is 6.04 Å². The Morgan fingerprint density at radius 1 is 1.33 bits per heavy atom. The average Bonchev–Trinajstić information content (AvgIpc) is 2.98. The summed E-state index contributed by atoms with van der Waals surface area (Å²) in [7, 11) is 0. The molecule has 82 valence electrons. The van der Waals surface area contributed by atoms with Crippen molar-refractivity contribution in [3.05, 3.63) is 0 Å². The van der Waals surface area contributed by atoms with Crippen molar-refractivity contribution in [1.82, 2.24) is 4.90 Å². The van der Waals surface area contributed by atoms with E-state index in [1.807, 2.05) is 6.34 Å². The Bertz CT molecular complexity index is 312. The molecule has 3 rings (SSSR count). The highest BCUT2D eigenvalue weighted by Gasteiger charge is 2.43. The largest absolute Gasteiger partial charge is 0.481 e. The van der Waals surface area contributed by atoms with Crippen LogP contribution in [0.25, 0.3) is 0 Å². The fourth-order valence-electron chi connectivity index (χ4n) is 2.84. The van der Waals surface area contributed by atoms with Crippen LogP contribution in [0.5, 0.6) is 0 Å². The van der Waals surface area contributed by atoms with E-state index in [2.05, 4.69) is 9.89 Å². The molecule has 0 saturated heterocycles. The van der Waals surface area contributed by atoms with Crippen molar-refractivity contribution < 1.29 is 9.90 Å². The van der Waals surface area contributed by atoms with Crippen molar-refractivity contribution in [2.24, 2.45) is 10.9 Å². The molecule has 0 spiro atoms. The predicted octanol–water partition coefficient (Wildman–Crippen LogP) is 1.11. The molecule has 0 radical (unpaired) electrons. The monoisotopic (exact) mass is 208 g/mol. The summed E-state index contributed by atoms with van der Waals surface area (Å²) in [5, 5.41) is 9.04. The van der Waals surface area contributed by atoms with Gasteiger partial charge in [0.25, 0.3) is 0 Å². The molecule has 0 bridgehead atoms. The minimum absolute atomic E-state index is 0.144. The number of hydrogen-bond acceptors (Lipinski definition) is 3. The van der Waals surface area contributed by atoms with Crippen LogP contribution in [0.15, 0.2) is 4.99 Å². The van der Waals surface area contributed by atoms with Crippen LogP contribution in [0.1, 0.15) is 32.1 Å². The van der Waals surface area contributed by atoms with Gasteiger partial charge in [0.1, 0.15) is 0 Å². The van der Waals surface area contributed by atoms with Crippen LogP contribution in [0.3, 0.4) is 0 Å². The van der Waals surface area contributed by atoms with Crippen LogP contribution in [0.4, 0.5) is 0 Å². The molecule has 2 aliphatic carbocycles. The van der Waals surface area contributed by atoms with Gasteiger partial charge < -0.3 is 10.0 Å². The van der Waals surface area contributed by atoms with Crippen LogP contribution in [-0.4, -0.2) is 40.4 Å². The molecule has 4 heteroatoms. The van der Waals surface area contributed by atoms with E-state index in [-0.39, 0.29) is 5.92 Å². The molecule has 3 atom stereocenters. The lowest BCUT2D eigenvalue weighted by Gasteiger charge is -2.34. The van der Waals surface area contributed by atoms with E-state index in [1.165, 1.54) is 12.8 Å². The SMILES string of the molecule is O=C(O)C1CCC2N=CN(C3CC3)C2C1. The highest BCUT2D eigenvalue weighted by molar-refractivity contribution is 5.70. The number of carboxylic acids is 1. The third kappa shape index (κ3) is 1.52. The lowest BCUT2D eigenvalue weighted by atomic mass is 9.82. The predicted molar refractivity (Wildman–Crippen MR) is 55.9 cm³/mol. The summed E-state index contributed by atoms with van der Waals surface area (Å²) < 4.78 is 0. The maximum atomic E-state index is 11.0. The van der Waals surface area contributed by atoms with Crippen LogP contribution in [-0.2, 0) is 4.79 Å². The summed E-state index contributed by atoms with van der Waals surface area (Å²) in [4.78, 5) is 17.8. The second-order valence-electron chi connectivity index (χ2n) is 4.93. The van der Waals surface area contributed by atoms with Gasteiger partial charge in [0.05, 0.1) is 24.3 Å². The third-order valence-electron chi connectivity index (χ3n) is 3.87. The number of aliphatic imine (C=N–C) groups is 1. The van der Waals surface area contributed by atoms with Gasteiger partial charge in [-0.05, 0) is 32.1 Å². The van der Waals surface area contributed by atoms with Crippen molar-refractivity contribution in [2.75, 3.05) is 0 Å². The van der Waals surface area contributed by atoms with Gasteiger partial charge in [-0.25, -0.2) is 0 Å². The van der Waals surface area contributed by atoms with Gasteiger partial charge in [-0.2, -0.15) is 0 Å². The minimum Gasteiger partial charge on any atom is -0.481 e. The summed E-state index contributed by atoms with van der Waals surface area (Å²) in [5.74, 6) is -0.773. The highest BCUT2D eigenvalue weighted by Crippen LogP contribution is 2.38. The van der Waals surface area contributed by atoms with E-state index in [0.29, 0.717) is 18.1 Å². The zero-order valence-electron chi connectivity index (χ0n) is 8.67. The van der Waals surface area contributed by atoms with E-state index in [0.717, 1.165) is 19.3 Å². The lowest BCUT2D eigenvalue weighted by Crippen LogP contribution is -2.43. The number of aliphatic carboxylic acids is 1. The molecule has 2 fully saturated rings. The smallest absolute Gasteiger partial charge is 0.306 e. The molecule has 1 heterocycles. The van der Waals surface area contributed by atoms with Crippen LogP contribution in [0.2, 0.25) is 0 Å². The van der Waals surface area contributed by atoms with Gasteiger partial charge in [0.2, 0.25) is 0 Å². The fourth-order valence-corrected chi connectivity index (χ4v) is 2.84. The van der Waals surface area contributed by atoms with E-state index in [4.69, 9.17) is 5.11 Å². The Morgan fingerprint density at radius 3 is 2.80 bits per heavy atom. The molecule has 4 nitrogen and oxygen atoms in total. The first-order valence-corrected chi connectivity index (χ1v) is 5.79. The van der Waals surface area contributed by atoms with Crippen molar-refractivity contribution >= 4 is 12.3 Å². The summed E-state index contributed by atoms with van der Waals surface area (Å²) in [6, 6.07) is 1.42. The summed E-state index contributed by atoms with van der Waals surface area (Å²) >= 11 is 0. The maximum absolute atomic E-state index is 11.0. The molecule has 1 N–H and O–H groups in total. The van der Waals surface area contributed by atoms with Gasteiger partial charge in [-0.15, -0.1) is 0 Å². The quantitative estimate of drug-likeness (QED) is 0.739. The number of fused-ring (bicyclic) bond motifs is 1. The Balaban J connectivity index is 1.72. The van der Waals surface area contributed by atoms with E-state index < -0.39 is 5.97 Å². The summed E-state index contributed by atoms with van der Waals surface area (Å²) in [5.41, 5.74) is 0. The number of carbonyl (C=O) groups is 1. The molecular weight excluding hydrogens is 192 g/mol. The first-order chi connectivity index (χ1) is 7.25. The number of carboxylic acid groups (broad SMARTS) is 1. The first-order valence-electron chi connectivity index (χ1n) is 5.79. The second-order valence-corrected chi connectivity index (χ2v) is 4.93. The van der Waals surface area contributed by atoms with Crippen LogP contribution < -0.4 is 0 Å². The van der Waals surface area contributed by atoms with Crippen molar-refractivity contribution in [3.63, 3.8) is 0 Å². The first kappa shape index (κ1) is 9.19. The summed E-state index contributed by atoms with van der Waals surface area (Å²) in [6.07, 6.45) is 7.02. The Labute approximate surface area is 89.0 Å². The van der Waals surface area contributed by atoms with Crippen molar-refractivity contribution in [1.29, 1.82) is 0 Å².